The van der Waals surface area contributed by atoms with Crippen molar-refractivity contribution in [1.82, 2.24) is 5.32 Å². The Balaban J connectivity index is 2.64. The second-order valence-corrected chi connectivity index (χ2v) is 4.58. The third-order valence-corrected chi connectivity index (χ3v) is 2.93. The minimum Gasteiger partial charge on any atom is -0.291 e. The lowest BCUT2D eigenvalue weighted by Crippen LogP contribution is -2.27. The second-order valence-electron chi connectivity index (χ2n) is 2.49. The predicted molar refractivity (Wildman–Crippen MR) is 43.3 cm³/mol. The van der Waals surface area contributed by atoms with Gasteiger partial charge in [0, 0.05) is 5.75 Å². The molecule has 1 aliphatic rings. The number of nitrogens with one attached hydrogen (secondary N) is 1. The van der Waals surface area contributed by atoms with Crippen LogP contribution < -0.4 is 5.32 Å². The van der Waals surface area contributed by atoms with E-state index < -0.39 is 9.80 Å². The lowest BCUT2D eigenvalue weighted by Gasteiger charge is -2.10. The first-order chi connectivity index (χ1) is 4.60. The molecule has 0 spiro atoms. The summed E-state index contributed by atoms with van der Waals surface area (Å²) in [7, 11) is -2.23. The van der Waals surface area contributed by atoms with Crippen molar-refractivity contribution < 1.29 is 8.39 Å². The van der Waals surface area contributed by atoms with E-state index in [1.165, 1.54) is 0 Å². The third-order valence-electron chi connectivity index (χ3n) is 1.38. The van der Waals surface area contributed by atoms with E-state index in [9.17, 15) is 4.21 Å². The highest BCUT2D eigenvalue weighted by Crippen LogP contribution is 2.03. The molecule has 1 N–H and O–H groups in total. The summed E-state index contributed by atoms with van der Waals surface area (Å²) < 4.78 is 16.4. The molecule has 10 heavy (non-hydrogen) atoms. The molecule has 0 amide bonds. The van der Waals surface area contributed by atoms with Crippen LogP contribution in [0.2, 0.25) is 0 Å². The van der Waals surface area contributed by atoms with Gasteiger partial charge in [-0.15, -0.1) is 0 Å². The molecule has 0 bridgehead atoms. The quantitative estimate of drug-likeness (QED) is 0.510. The van der Waals surface area contributed by atoms with Gasteiger partial charge in [-0.2, -0.15) is 0 Å². The summed E-state index contributed by atoms with van der Waals surface area (Å²) in [5, 5.41) is 3.06. The maximum absolute atomic E-state index is 11.3. The first kappa shape index (κ1) is 8.04. The molecule has 0 radical (unpaired) electrons. The lowest BCUT2D eigenvalue weighted by atomic mass is 10.5. The molecule has 1 fully saturated rings. The summed E-state index contributed by atoms with van der Waals surface area (Å²) in [5.41, 5.74) is 0. The number of hydrogen-bond acceptors (Lipinski definition) is 3. The molecule has 4 heteroatoms. The van der Waals surface area contributed by atoms with E-state index in [0.29, 0.717) is 5.75 Å². The van der Waals surface area contributed by atoms with Gasteiger partial charge in [0.15, 0.2) is 0 Å². The topological polar surface area (TPSA) is 38.3 Å². The van der Waals surface area contributed by atoms with Crippen LogP contribution in [-0.4, -0.2) is 28.6 Å². The van der Waals surface area contributed by atoms with Crippen LogP contribution in [-0.2, 0) is 14.0 Å². The fourth-order valence-electron chi connectivity index (χ4n) is 0.943. The van der Waals surface area contributed by atoms with Crippen LogP contribution >= 0.6 is 0 Å². The van der Waals surface area contributed by atoms with Crippen molar-refractivity contribution in [2.24, 2.45) is 0 Å². The van der Waals surface area contributed by atoms with E-state index in [-0.39, 0.29) is 6.23 Å². The zero-order valence-electron chi connectivity index (χ0n) is 6.13. The van der Waals surface area contributed by atoms with Gasteiger partial charge >= 0.3 is 0 Å². The molecule has 0 saturated carbocycles. The largest absolute Gasteiger partial charge is 0.291 e. The maximum Gasteiger partial charge on any atom is 0.121 e. The molecule has 1 aliphatic heterocycles. The molecule has 0 aromatic heterocycles. The van der Waals surface area contributed by atoms with Crippen LogP contribution in [0.5, 0.6) is 0 Å². The van der Waals surface area contributed by atoms with E-state index in [4.69, 9.17) is 4.18 Å². The van der Waals surface area contributed by atoms with Gasteiger partial charge in [0.1, 0.15) is 6.23 Å². The van der Waals surface area contributed by atoms with Crippen LogP contribution in [0.15, 0.2) is 0 Å². The van der Waals surface area contributed by atoms with Gasteiger partial charge in [-0.3, -0.25) is 9.50 Å². The molecule has 1 heterocycles. The van der Waals surface area contributed by atoms with Crippen LogP contribution in [0.3, 0.4) is 0 Å². The molecule has 3 nitrogen and oxygen atoms in total. The molecule has 60 valence electrons. The zero-order chi connectivity index (χ0) is 7.61. The minimum atomic E-state index is -2.23. The Hall–Kier alpha value is -0.0600. The molecule has 1 saturated heterocycles. The summed E-state index contributed by atoms with van der Waals surface area (Å²) in [6.45, 7) is 2.71. The Morgan fingerprint density at radius 3 is 3.20 bits per heavy atom. The van der Waals surface area contributed by atoms with E-state index in [1.807, 2.05) is 6.92 Å². The SMILES string of the molecule is C=S1(=O)CCCNC(C)O1. The fraction of sp³-hybridized carbons (Fsp3) is 0.833. The molecule has 2 unspecified atom stereocenters. The van der Waals surface area contributed by atoms with Gasteiger partial charge < -0.3 is 0 Å². The van der Waals surface area contributed by atoms with Gasteiger partial charge in [0.2, 0.25) is 0 Å². The highest BCUT2D eigenvalue weighted by molar-refractivity contribution is 7.95. The van der Waals surface area contributed by atoms with E-state index >= 15 is 0 Å². The highest BCUT2D eigenvalue weighted by atomic mass is 32.2. The third kappa shape index (κ3) is 2.28. The Kier molecular flexibility index (Phi) is 2.33. The molecule has 0 aromatic rings. The van der Waals surface area contributed by atoms with Crippen molar-refractivity contribution in [2.75, 3.05) is 12.3 Å². The minimum absolute atomic E-state index is 0.118. The maximum atomic E-state index is 11.3. The van der Waals surface area contributed by atoms with Gasteiger partial charge in [0.05, 0.1) is 9.80 Å². The predicted octanol–water partition coefficient (Wildman–Crippen LogP) is -0.0263. The Morgan fingerprint density at radius 2 is 2.50 bits per heavy atom. The normalized spacial score (nSPS) is 42.7. The number of hydrogen-bond donors (Lipinski definition) is 1. The zero-order valence-corrected chi connectivity index (χ0v) is 6.95. The van der Waals surface area contributed by atoms with Crippen molar-refractivity contribution in [3.05, 3.63) is 0 Å². The highest BCUT2D eigenvalue weighted by Gasteiger charge is 2.13. The van der Waals surface area contributed by atoms with Crippen LogP contribution in [0.25, 0.3) is 0 Å². The van der Waals surface area contributed by atoms with Gasteiger partial charge in [-0.05, 0) is 25.8 Å². The molecule has 0 aliphatic carbocycles. The summed E-state index contributed by atoms with van der Waals surface area (Å²) >= 11 is 0. The van der Waals surface area contributed by atoms with Crippen molar-refractivity contribution in [3.8, 4) is 0 Å². The standard InChI is InChI=1S/C6H13NO2S/c1-6-7-4-3-5-10(2,8)9-6/h6-7H,2-5H2,1H3. The van der Waals surface area contributed by atoms with E-state index in [2.05, 4.69) is 11.2 Å². The average molecular weight is 163 g/mol. The van der Waals surface area contributed by atoms with Crippen molar-refractivity contribution in [3.63, 3.8) is 0 Å². The lowest BCUT2D eigenvalue weighted by molar-refractivity contribution is 0.213. The van der Waals surface area contributed by atoms with Gasteiger partial charge in [-0.25, -0.2) is 4.21 Å². The molecular weight excluding hydrogens is 150 g/mol. The summed E-state index contributed by atoms with van der Waals surface area (Å²) in [6, 6.07) is 0. The van der Waals surface area contributed by atoms with Gasteiger partial charge in [0.25, 0.3) is 0 Å². The van der Waals surface area contributed by atoms with E-state index in [1.54, 1.807) is 0 Å². The van der Waals surface area contributed by atoms with E-state index in [0.717, 1.165) is 13.0 Å². The van der Waals surface area contributed by atoms with Crippen molar-refractivity contribution in [1.29, 1.82) is 0 Å². The summed E-state index contributed by atoms with van der Waals surface area (Å²) in [6.07, 6.45) is 0.764. The smallest absolute Gasteiger partial charge is 0.121 e. The van der Waals surface area contributed by atoms with Crippen LogP contribution in [0, 0.1) is 0 Å². The first-order valence-electron chi connectivity index (χ1n) is 3.37. The van der Waals surface area contributed by atoms with Crippen molar-refractivity contribution >= 4 is 15.7 Å². The molecular formula is C6H13NO2S. The molecule has 1 rings (SSSR count). The second kappa shape index (κ2) is 2.90. The van der Waals surface area contributed by atoms with Crippen LogP contribution in [0.1, 0.15) is 13.3 Å². The Bertz CT molecular complexity index is 198. The first-order valence-corrected chi connectivity index (χ1v) is 5.19. The van der Waals surface area contributed by atoms with Crippen molar-refractivity contribution in [2.45, 2.75) is 19.6 Å². The molecule has 0 aromatic carbocycles. The Labute approximate surface area is 62.0 Å². The molecule has 2 atom stereocenters. The summed E-state index contributed by atoms with van der Waals surface area (Å²) in [5.74, 6) is 4.08. The van der Waals surface area contributed by atoms with Crippen LogP contribution in [0.4, 0.5) is 0 Å². The Morgan fingerprint density at radius 1 is 1.80 bits per heavy atom. The number of rotatable bonds is 0. The van der Waals surface area contributed by atoms with Gasteiger partial charge in [-0.1, -0.05) is 0 Å². The average Bonchev–Trinajstić information content (AvgIpc) is 1.90. The monoisotopic (exact) mass is 163 g/mol. The summed E-state index contributed by atoms with van der Waals surface area (Å²) in [4.78, 5) is 0. The fourth-order valence-corrected chi connectivity index (χ4v) is 2.22.